The molecule has 1 aromatic carbocycles. The van der Waals surface area contributed by atoms with Crippen LogP contribution in [0, 0.1) is 0 Å². The largest absolute Gasteiger partial charge is 0.377 e. The van der Waals surface area contributed by atoms with Crippen LogP contribution in [0.3, 0.4) is 0 Å². The summed E-state index contributed by atoms with van der Waals surface area (Å²) in [5.74, 6) is 0.930. The molecule has 0 bridgehead atoms. The lowest BCUT2D eigenvalue weighted by Gasteiger charge is -2.11. The third-order valence-electron chi connectivity index (χ3n) is 2.50. The standard InChI is InChI=1S/C12H14Br2N4/c1-8(2)18-12(16-7-17-18)6-15-11-4-3-9(13)5-10(11)14/h3-5,7-8,15H,6H2,1-2H3. The van der Waals surface area contributed by atoms with Gasteiger partial charge in [-0.2, -0.15) is 5.10 Å². The number of nitrogens with one attached hydrogen (secondary N) is 1. The van der Waals surface area contributed by atoms with Gasteiger partial charge in [0.2, 0.25) is 0 Å². The van der Waals surface area contributed by atoms with Crippen molar-refractivity contribution in [2.24, 2.45) is 0 Å². The molecule has 2 rings (SSSR count). The fraction of sp³-hybridized carbons (Fsp3) is 0.333. The first-order chi connectivity index (χ1) is 8.58. The second kappa shape index (κ2) is 5.84. The Hall–Kier alpha value is -0.880. The van der Waals surface area contributed by atoms with Gasteiger partial charge < -0.3 is 5.32 Å². The summed E-state index contributed by atoms with van der Waals surface area (Å²) in [5, 5.41) is 7.56. The van der Waals surface area contributed by atoms with Crippen molar-refractivity contribution in [3.05, 3.63) is 39.3 Å². The monoisotopic (exact) mass is 372 g/mol. The summed E-state index contributed by atoms with van der Waals surface area (Å²) in [6.45, 7) is 4.83. The van der Waals surface area contributed by atoms with Crippen LogP contribution < -0.4 is 5.32 Å². The van der Waals surface area contributed by atoms with E-state index >= 15 is 0 Å². The van der Waals surface area contributed by atoms with E-state index in [1.165, 1.54) is 0 Å². The van der Waals surface area contributed by atoms with E-state index in [4.69, 9.17) is 0 Å². The van der Waals surface area contributed by atoms with Crippen molar-refractivity contribution in [2.45, 2.75) is 26.4 Å². The van der Waals surface area contributed by atoms with Gasteiger partial charge in [0.05, 0.1) is 6.54 Å². The van der Waals surface area contributed by atoms with Gasteiger partial charge in [0, 0.05) is 20.7 Å². The van der Waals surface area contributed by atoms with Crippen LogP contribution in [0.5, 0.6) is 0 Å². The number of benzene rings is 1. The lowest BCUT2D eigenvalue weighted by molar-refractivity contribution is 0.509. The minimum Gasteiger partial charge on any atom is -0.377 e. The molecule has 96 valence electrons. The lowest BCUT2D eigenvalue weighted by atomic mass is 10.3. The van der Waals surface area contributed by atoms with Gasteiger partial charge >= 0.3 is 0 Å². The quantitative estimate of drug-likeness (QED) is 0.880. The van der Waals surface area contributed by atoms with E-state index in [1.807, 2.05) is 22.9 Å². The fourth-order valence-corrected chi connectivity index (χ4v) is 2.83. The van der Waals surface area contributed by atoms with E-state index < -0.39 is 0 Å². The smallest absolute Gasteiger partial charge is 0.146 e. The van der Waals surface area contributed by atoms with Crippen LogP contribution in [0.1, 0.15) is 25.7 Å². The molecule has 1 aromatic heterocycles. The first-order valence-corrected chi connectivity index (χ1v) is 7.24. The number of nitrogens with zero attached hydrogens (tertiary/aromatic N) is 3. The molecular formula is C12H14Br2N4. The molecule has 18 heavy (non-hydrogen) atoms. The highest BCUT2D eigenvalue weighted by atomic mass is 79.9. The van der Waals surface area contributed by atoms with Crippen LogP contribution >= 0.6 is 31.9 Å². The van der Waals surface area contributed by atoms with Crippen LogP contribution in [-0.4, -0.2) is 14.8 Å². The number of hydrogen-bond donors (Lipinski definition) is 1. The van der Waals surface area contributed by atoms with Crippen molar-refractivity contribution in [3.63, 3.8) is 0 Å². The number of halogens is 2. The SMILES string of the molecule is CC(C)n1ncnc1CNc1ccc(Br)cc1Br. The van der Waals surface area contributed by atoms with Gasteiger partial charge in [0.25, 0.3) is 0 Å². The molecule has 1 N–H and O–H groups in total. The van der Waals surface area contributed by atoms with E-state index in [-0.39, 0.29) is 0 Å². The molecule has 0 amide bonds. The molecule has 4 nitrogen and oxygen atoms in total. The number of anilines is 1. The molecule has 0 aliphatic heterocycles. The summed E-state index contributed by atoms with van der Waals surface area (Å²) < 4.78 is 3.98. The molecule has 0 atom stereocenters. The van der Waals surface area contributed by atoms with Crippen molar-refractivity contribution < 1.29 is 0 Å². The molecule has 0 aliphatic carbocycles. The predicted octanol–water partition coefficient (Wildman–Crippen LogP) is 4.00. The lowest BCUT2D eigenvalue weighted by Crippen LogP contribution is -2.12. The summed E-state index contributed by atoms with van der Waals surface area (Å²) >= 11 is 6.96. The molecule has 0 spiro atoms. The molecule has 0 aliphatic rings. The van der Waals surface area contributed by atoms with Crippen LogP contribution in [0.25, 0.3) is 0 Å². The second-order valence-electron chi connectivity index (χ2n) is 4.19. The highest BCUT2D eigenvalue weighted by Crippen LogP contribution is 2.26. The minimum absolute atomic E-state index is 0.317. The van der Waals surface area contributed by atoms with Crippen molar-refractivity contribution in [1.29, 1.82) is 0 Å². The van der Waals surface area contributed by atoms with Gasteiger partial charge in [-0.25, -0.2) is 9.67 Å². The van der Waals surface area contributed by atoms with E-state index in [0.29, 0.717) is 12.6 Å². The van der Waals surface area contributed by atoms with Gasteiger partial charge in [0.15, 0.2) is 0 Å². The maximum Gasteiger partial charge on any atom is 0.146 e. The maximum atomic E-state index is 4.26. The molecule has 1 heterocycles. The summed E-state index contributed by atoms with van der Waals surface area (Å²) in [5.41, 5.74) is 1.04. The average Bonchev–Trinajstić information content (AvgIpc) is 2.76. The van der Waals surface area contributed by atoms with Gasteiger partial charge in [-0.15, -0.1) is 0 Å². The Kier molecular flexibility index (Phi) is 4.40. The Morgan fingerprint density at radius 3 is 2.78 bits per heavy atom. The molecule has 0 radical (unpaired) electrons. The topological polar surface area (TPSA) is 42.7 Å². The normalized spacial score (nSPS) is 10.9. The first-order valence-electron chi connectivity index (χ1n) is 5.65. The Labute approximate surface area is 123 Å². The summed E-state index contributed by atoms with van der Waals surface area (Å²) in [6.07, 6.45) is 1.59. The molecule has 2 aromatic rings. The van der Waals surface area contributed by atoms with E-state index in [9.17, 15) is 0 Å². The zero-order chi connectivity index (χ0) is 13.1. The number of aromatic nitrogens is 3. The highest BCUT2D eigenvalue weighted by Gasteiger charge is 2.08. The molecular weight excluding hydrogens is 360 g/mol. The van der Waals surface area contributed by atoms with Gasteiger partial charge in [-0.3, -0.25) is 0 Å². The van der Waals surface area contributed by atoms with Crippen molar-refractivity contribution in [2.75, 3.05) is 5.32 Å². The highest BCUT2D eigenvalue weighted by molar-refractivity contribution is 9.11. The van der Waals surface area contributed by atoms with Gasteiger partial charge in [0.1, 0.15) is 12.2 Å². The van der Waals surface area contributed by atoms with E-state index in [1.54, 1.807) is 6.33 Å². The molecule has 0 fully saturated rings. The van der Waals surface area contributed by atoms with E-state index in [2.05, 4.69) is 61.1 Å². The maximum absolute atomic E-state index is 4.26. The van der Waals surface area contributed by atoms with Crippen molar-refractivity contribution >= 4 is 37.5 Å². The van der Waals surface area contributed by atoms with Crippen LogP contribution in [0.2, 0.25) is 0 Å². The first kappa shape index (κ1) is 13.5. The van der Waals surface area contributed by atoms with Gasteiger partial charge in [-0.1, -0.05) is 15.9 Å². The van der Waals surface area contributed by atoms with Crippen LogP contribution in [0.15, 0.2) is 33.5 Å². The average molecular weight is 374 g/mol. The van der Waals surface area contributed by atoms with Crippen LogP contribution in [-0.2, 0) is 6.54 Å². The number of rotatable bonds is 4. The third-order valence-corrected chi connectivity index (χ3v) is 3.65. The summed E-state index contributed by atoms with van der Waals surface area (Å²) in [4.78, 5) is 4.26. The Balaban J connectivity index is 2.09. The van der Waals surface area contributed by atoms with Crippen molar-refractivity contribution in [3.8, 4) is 0 Å². The van der Waals surface area contributed by atoms with Crippen molar-refractivity contribution in [1.82, 2.24) is 14.8 Å². The zero-order valence-electron chi connectivity index (χ0n) is 10.2. The number of hydrogen-bond acceptors (Lipinski definition) is 3. The Bertz CT molecular complexity index is 537. The second-order valence-corrected chi connectivity index (χ2v) is 5.96. The molecule has 0 unspecified atom stereocenters. The summed E-state index contributed by atoms with van der Waals surface area (Å²) in [7, 11) is 0. The minimum atomic E-state index is 0.317. The van der Waals surface area contributed by atoms with Crippen LogP contribution in [0.4, 0.5) is 5.69 Å². The third kappa shape index (κ3) is 3.11. The summed E-state index contributed by atoms with van der Waals surface area (Å²) in [6, 6.07) is 6.35. The predicted molar refractivity (Wildman–Crippen MR) is 79.6 cm³/mol. The zero-order valence-corrected chi connectivity index (χ0v) is 13.4. The molecule has 6 heteroatoms. The van der Waals surface area contributed by atoms with Gasteiger partial charge in [-0.05, 0) is 48.0 Å². The Morgan fingerprint density at radius 1 is 1.33 bits per heavy atom. The van der Waals surface area contributed by atoms with E-state index in [0.717, 1.165) is 20.5 Å². The molecule has 0 saturated heterocycles. The molecule has 0 saturated carbocycles. The Morgan fingerprint density at radius 2 is 2.11 bits per heavy atom. The fourth-order valence-electron chi connectivity index (χ4n) is 1.64.